The molecule has 0 aliphatic carbocycles. The topological polar surface area (TPSA) is 3.24 Å². The summed E-state index contributed by atoms with van der Waals surface area (Å²) in [6, 6.07) is 0. The fourth-order valence-corrected chi connectivity index (χ4v) is 0.370. The van der Waals surface area contributed by atoms with Crippen molar-refractivity contribution in [2.24, 2.45) is 0 Å². The highest BCUT2D eigenvalue weighted by molar-refractivity contribution is 7.77. The summed E-state index contributed by atoms with van der Waals surface area (Å²) in [4.78, 5) is 0. The zero-order chi connectivity index (χ0) is 5.86. The van der Waals surface area contributed by atoms with Crippen molar-refractivity contribution < 1.29 is 0 Å². The largest absolute Gasteiger partial charge is 0.326 e. The fraction of sp³-hybridized carbons (Fsp3) is 0.600. The molecule has 0 saturated carbocycles. The van der Waals surface area contributed by atoms with Crippen molar-refractivity contribution in [2.75, 3.05) is 7.05 Å². The minimum absolute atomic E-state index is 0.972. The van der Waals surface area contributed by atoms with E-state index in [1.54, 1.807) is 4.31 Å². The average molecular weight is 117 g/mol. The molecule has 0 radical (unpaired) electrons. The molecule has 0 aliphatic heterocycles. The van der Waals surface area contributed by atoms with Crippen LogP contribution in [0.5, 0.6) is 0 Å². The van der Waals surface area contributed by atoms with Gasteiger partial charge in [-0.1, -0.05) is 26.3 Å². The molecule has 2 heteroatoms. The van der Waals surface area contributed by atoms with E-state index in [1.807, 2.05) is 7.05 Å². The van der Waals surface area contributed by atoms with Gasteiger partial charge in [0.05, 0.1) is 0 Å². The van der Waals surface area contributed by atoms with E-state index in [0.29, 0.717) is 0 Å². The minimum Gasteiger partial charge on any atom is -0.326 e. The van der Waals surface area contributed by atoms with Crippen molar-refractivity contribution in [2.45, 2.75) is 13.3 Å². The lowest BCUT2D eigenvalue weighted by molar-refractivity contribution is 0.679. The lowest BCUT2D eigenvalue weighted by Gasteiger charge is -2.10. The van der Waals surface area contributed by atoms with Gasteiger partial charge in [0.15, 0.2) is 0 Å². The van der Waals surface area contributed by atoms with Crippen LogP contribution >= 0.6 is 12.8 Å². The molecule has 0 heterocycles. The summed E-state index contributed by atoms with van der Waals surface area (Å²) in [6.45, 7) is 5.77. The Kier molecular flexibility index (Phi) is 2.92. The molecule has 0 amide bonds. The highest BCUT2D eigenvalue weighted by Gasteiger charge is 1.88. The van der Waals surface area contributed by atoms with E-state index in [4.69, 9.17) is 0 Å². The molecule has 42 valence electrons. The quantitative estimate of drug-likeness (QED) is 0.539. The van der Waals surface area contributed by atoms with Crippen LogP contribution in [0.25, 0.3) is 0 Å². The van der Waals surface area contributed by atoms with E-state index >= 15 is 0 Å². The van der Waals surface area contributed by atoms with Crippen LogP contribution in [0.2, 0.25) is 0 Å². The SMILES string of the molecule is C=C(CC)N(C)S. The highest BCUT2D eigenvalue weighted by Crippen LogP contribution is 2.03. The molecule has 0 spiro atoms. The van der Waals surface area contributed by atoms with Gasteiger partial charge in [0.2, 0.25) is 0 Å². The van der Waals surface area contributed by atoms with Gasteiger partial charge >= 0.3 is 0 Å². The molecule has 0 bridgehead atoms. The first-order valence-corrected chi connectivity index (χ1v) is 2.69. The summed E-state index contributed by atoms with van der Waals surface area (Å²) in [5.74, 6) is 0. The molecule has 0 aromatic heterocycles. The van der Waals surface area contributed by atoms with Crippen molar-refractivity contribution in [1.29, 1.82) is 0 Å². The second-order valence-electron chi connectivity index (χ2n) is 1.44. The van der Waals surface area contributed by atoms with Crippen LogP contribution in [-0.2, 0) is 0 Å². The predicted molar refractivity (Wildman–Crippen MR) is 36.2 cm³/mol. The standard InChI is InChI=1S/C5H11NS/c1-4-5(2)6(3)7/h7H,2,4H2,1,3H3. The van der Waals surface area contributed by atoms with Gasteiger partial charge in [-0.05, 0) is 6.42 Å². The van der Waals surface area contributed by atoms with Gasteiger partial charge in [0.25, 0.3) is 0 Å². The summed E-state index contributed by atoms with van der Waals surface area (Å²) < 4.78 is 1.72. The number of rotatable bonds is 2. The first kappa shape index (κ1) is 6.89. The minimum atomic E-state index is 0.972. The molecule has 0 rings (SSSR count). The van der Waals surface area contributed by atoms with Crippen LogP contribution in [0.15, 0.2) is 12.3 Å². The van der Waals surface area contributed by atoms with E-state index in [0.717, 1.165) is 12.1 Å². The maximum atomic E-state index is 4.01. The Labute approximate surface area is 50.6 Å². The van der Waals surface area contributed by atoms with E-state index in [9.17, 15) is 0 Å². The Bertz CT molecular complexity index is 68.5. The van der Waals surface area contributed by atoms with Gasteiger partial charge in [-0.25, -0.2) is 0 Å². The van der Waals surface area contributed by atoms with Crippen molar-refractivity contribution in [3.63, 3.8) is 0 Å². The summed E-state index contributed by atoms with van der Waals surface area (Å²) in [7, 11) is 1.87. The smallest absolute Gasteiger partial charge is 0.0177 e. The maximum absolute atomic E-state index is 4.01. The normalized spacial score (nSPS) is 8.43. The summed E-state index contributed by atoms with van der Waals surface area (Å²) in [5.41, 5.74) is 1.04. The van der Waals surface area contributed by atoms with E-state index < -0.39 is 0 Å². The molecule has 0 aliphatic rings. The number of thiol groups is 1. The third kappa shape index (κ3) is 2.57. The van der Waals surface area contributed by atoms with Crippen molar-refractivity contribution in [1.82, 2.24) is 4.31 Å². The van der Waals surface area contributed by atoms with Gasteiger partial charge in [-0.2, -0.15) is 0 Å². The Morgan fingerprint density at radius 1 is 1.86 bits per heavy atom. The summed E-state index contributed by atoms with van der Waals surface area (Å²) >= 11 is 4.01. The van der Waals surface area contributed by atoms with Crippen LogP contribution < -0.4 is 0 Å². The molecule has 0 unspecified atom stereocenters. The van der Waals surface area contributed by atoms with Crippen LogP contribution in [0.1, 0.15) is 13.3 Å². The van der Waals surface area contributed by atoms with Gasteiger partial charge in [0.1, 0.15) is 0 Å². The molecular formula is C5H11NS. The predicted octanol–water partition coefficient (Wildman–Crippen LogP) is 1.69. The zero-order valence-electron chi connectivity index (χ0n) is 4.81. The number of hydrogen-bond acceptors (Lipinski definition) is 2. The Morgan fingerprint density at radius 3 is 2.29 bits per heavy atom. The van der Waals surface area contributed by atoms with E-state index in [-0.39, 0.29) is 0 Å². The molecule has 0 N–H and O–H groups in total. The van der Waals surface area contributed by atoms with E-state index in [1.165, 1.54) is 0 Å². The lowest BCUT2D eigenvalue weighted by atomic mass is 10.4. The molecule has 0 aromatic rings. The second-order valence-corrected chi connectivity index (χ2v) is 2.04. The maximum Gasteiger partial charge on any atom is 0.0177 e. The molecular weight excluding hydrogens is 106 g/mol. The molecule has 0 aromatic carbocycles. The molecule has 0 saturated heterocycles. The molecule has 0 fully saturated rings. The highest BCUT2D eigenvalue weighted by atomic mass is 32.1. The van der Waals surface area contributed by atoms with Gasteiger partial charge in [-0.3, -0.25) is 0 Å². The first-order chi connectivity index (χ1) is 3.18. The van der Waals surface area contributed by atoms with Crippen LogP contribution in [0.4, 0.5) is 0 Å². The van der Waals surface area contributed by atoms with Gasteiger partial charge < -0.3 is 4.31 Å². The van der Waals surface area contributed by atoms with Gasteiger partial charge in [0, 0.05) is 12.7 Å². The third-order valence-electron chi connectivity index (χ3n) is 0.866. The van der Waals surface area contributed by atoms with Crippen molar-refractivity contribution >= 4 is 12.8 Å². The monoisotopic (exact) mass is 117 g/mol. The third-order valence-corrected chi connectivity index (χ3v) is 1.15. The number of allylic oxidation sites excluding steroid dienone is 1. The lowest BCUT2D eigenvalue weighted by Crippen LogP contribution is -2.00. The molecule has 7 heavy (non-hydrogen) atoms. The van der Waals surface area contributed by atoms with Crippen LogP contribution in [0, 0.1) is 0 Å². The second kappa shape index (κ2) is 2.97. The number of hydrogen-bond donors (Lipinski definition) is 1. The Hall–Kier alpha value is -0.110. The van der Waals surface area contributed by atoms with E-state index in [2.05, 4.69) is 26.3 Å². The Morgan fingerprint density at radius 2 is 2.29 bits per heavy atom. The van der Waals surface area contributed by atoms with Crippen LogP contribution in [-0.4, -0.2) is 11.4 Å². The van der Waals surface area contributed by atoms with Crippen LogP contribution in [0.3, 0.4) is 0 Å². The number of nitrogens with zero attached hydrogens (tertiary/aromatic N) is 1. The zero-order valence-corrected chi connectivity index (χ0v) is 5.70. The molecule has 1 nitrogen and oxygen atoms in total. The fourth-order valence-electron chi connectivity index (χ4n) is 0.229. The Balaban J connectivity index is 3.35. The summed E-state index contributed by atoms with van der Waals surface area (Å²) in [6.07, 6.45) is 0.972. The summed E-state index contributed by atoms with van der Waals surface area (Å²) in [5, 5.41) is 0. The van der Waals surface area contributed by atoms with Crippen molar-refractivity contribution in [3.05, 3.63) is 12.3 Å². The van der Waals surface area contributed by atoms with Gasteiger partial charge in [-0.15, -0.1) is 0 Å². The average Bonchev–Trinajstić information content (AvgIpc) is 1.65. The van der Waals surface area contributed by atoms with Crippen molar-refractivity contribution in [3.8, 4) is 0 Å². The molecule has 0 atom stereocenters. The first-order valence-electron chi connectivity index (χ1n) is 2.29.